The van der Waals surface area contributed by atoms with Gasteiger partial charge in [-0.05, 0) is 56.2 Å². The van der Waals surface area contributed by atoms with Crippen LogP contribution in [0.15, 0.2) is 47.5 Å². The van der Waals surface area contributed by atoms with E-state index >= 15 is 0 Å². The topological polar surface area (TPSA) is 84.3 Å². The molecular formula is C24H34IN3O4. The molecule has 0 spiro atoms. The predicted octanol–water partition coefficient (Wildman–Crippen LogP) is 4.04. The molecular weight excluding hydrogens is 521 g/mol. The highest BCUT2D eigenvalue weighted by Gasteiger charge is 2.12. The number of hydrogen-bond acceptors (Lipinski definition) is 5. The van der Waals surface area contributed by atoms with Gasteiger partial charge in [-0.1, -0.05) is 18.2 Å². The van der Waals surface area contributed by atoms with Gasteiger partial charge in [-0.2, -0.15) is 0 Å². The van der Waals surface area contributed by atoms with Gasteiger partial charge in [-0.25, -0.2) is 4.99 Å². The van der Waals surface area contributed by atoms with Gasteiger partial charge in [-0.15, -0.1) is 24.0 Å². The summed E-state index contributed by atoms with van der Waals surface area (Å²) in [6, 6.07) is 13.4. The molecule has 1 unspecified atom stereocenters. The fourth-order valence-corrected chi connectivity index (χ4v) is 3.20. The molecule has 0 aromatic heterocycles. The lowest BCUT2D eigenvalue weighted by atomic mass is 10.1. The van der Waals surface area contributed by atoms with Crippen LogP contribution in [0, 0.1) is 0 Å². The van der Waals surface area contributed by atoms with Crippen molar-refractivity contribution in [2.45, 2.75) is 45.9 Å². The van der Waals surface area contributed by atoms with Crippen LogP contribution < -0.4 is 24.8 Å². The van der Waals surface area contributed by atoms with Crippen LogP contribution in [0.1, 0.15) is 44.4 Å². The normalized spacial score (nSPS) is 14.2. The van der Waals surface area contributed by atoms with Crippen molar-refractivity contribution in [2.24, 2.45) is 4.99 Å². The molecule has 0 fully saturated rings. The van der Waals surface area contributed by atoms with Gasteiger partial charge in [0.1, 0.15) is 5.75 Å². The average Bonchev–Trinajstić information content (AvgIpc) is 3.00. The highest BCUT2D eigenvalue weighted by molar-refractivity contribution is 14.0. The van der Waals surface area contributed by atoms with Crippen molar-refractivity contribution in [2.75, 3.05) is 26.3 Å². The zero-order chi connectivity index (χ0) is 22.1. The maximum Gasteiger partial charge on any atom is 0.191 e. The van der Waals surface area contributed by atoms with Crippen molar-refractivity contribution in [3.63, 3.8) is 0 Å². The summed E-state index contributed by atoms with van der Waals surface area (Å²) in [6.07, 6.45) is 0.284. The molecule has 7 nitrogen and oxygen atoms in total. The molecule has 8 heteroatoms. The molecule has 0 saturated heterocycles. The second-order valence-corrected chi connectivity index (χ2v) is 7.66. The van der Waals surface area contributed by atoms with Gasteiger partial charge in [0, 0.05) is 19.5 Å². The number of aliphatic hydroxyl groups excluding tert-OH is 1. The first-order chi connectivity index (χ1) is 15.0. The van der Waals surface area contributed by atoms with Gasteiger partial charge in [0.2, 0.25) is 0 Å². The molecule has 2 aromatic rings. The van der Waals surface area contributed by atoms with Crippen LogP contribution in [0.25, 0.3) is 0 Å². The van der Waals surface area contributed by atoms with E-state index in [4.69, 9.17) is 14.2 Å². The first kappa shape index (κ1) is 26.1. The molecule has 0 aliphatic carbocycles. The number of nitrogens with one attached hydrogen (secondary N) is 2. The Labute approximate surface area is 207 Å². The van der Waals surface area contributed by atoms with E-state index in [9.17, 15) is 5.11 Å². The fraction of sp³-hybridized carbons (Fsp3) is 0.458. The smallest absolute Gasteiger partial charge is 0.191 e. The summed E-state index contributed by atoms with van der Waals surface area (Å²) >= 11 is 0. The van der Waals surface area contributed by atoms with Crippen LogP contribution in [0.5, 0.6) is 17.2 Å². The number of ether oxygens (including phenoxy) is 3. The van der Waals surface area contributed by atoms with Crippen molar-refractivity contribution in [1.29, 1.82) is 0 Å². The standard InChI is InChI=1S/C24H33N3O4.HI/c1-4-25-24(26-15-18-9-10-22-23(13-18)30-12-6-11-29-22)27-16-21(28)19-7-5-8-20(14-19)31-17(2)3;/h5,7-10,13-14,17,21,28H,4,6,11-12,15-16H2,1-3H3,(H2,25,26,27);1H. The van der Waals surface area contributed by atoms with E-state index in [0.717, 1.165) is 41.3 Å². The minimum absolute atomic E-state index is 0. The minimum Gasteiger partial charge on any atom is -0.491 e. The van der Waals surface area contributed by atoms with E-state index in [1.807, 2.05) is 63.2 Å². The zero-order valence-electron chi connectivity index (χ0n) is 19.0. The number of hydrogen-bond donors (Lipinski definition) is 3. The van der Waals surface area contributed by atoms with Gasteiger partial charge in [0.25, 0.3) is 0 Å². The van der Waals surface area contributed by atoms with E-state index in [2.05, 4.69) is 15.6 Å². The number of fused-ring (bicyclic) bond motifs is 1. The molecule has 176 valence electrons. The molecule has 0 radical (unpaired) electrons. The predicted molar refractivity (Wildman–Crippen MR) is 137 cm³/mol. The fourth-order valence-electron chi connectivity index (χ4n) is 3.20. The first-order valence-corrected chi connectivity index (χ1v) is 10.9. The molecule has 1 aliphatic rings. The third kappa shape index (κ3) is 8.05. The van der Waals surface area contributed by atoms with Crippen molar-refractivity contribution < 1.29 is 19.3 Å². The van der Waals surface area contributed by atoms with E-state index in [-0.39, 0.29) is 30.1 Å². The van der Waals surface area contributed by atoms with E-state index < -0.39 is 6.10 Å². The lowest BCUT2D eigenvalue weighted by Crippen LogP contribution is -2.39. The highest BCUT2D eigenvalue weighted by Crippen LogP contribution is 2.30. The Morgan fingerprint density at radius 1 is 1.09 bits per heavy atom. The summed E-state index contributed by atoms with van der Waals surface area (Å²) in [4.78, 5) is 4.64. The minimum atomic E-state index is -0.683. The number of rotatable bonds is 8. The quantitative estimate of drug-likeness (QED) is 0.259. The zero-order valence-corrected chi connectivity index (χ0v) is 21.3. The third-order valence-corrected chi connectivity index (χ3v) is 4.65. The van der Waals surface area contributed by atoms with E-state index in [1.165, 1.54) is 0 Å². The monoisotopic (exact) mass is 555 g/mol. The average molecular weight is 555 g/mol. The van der Waals surface area contributed by atoms with Gasteiger partial charge in [0.05, 0.1) is 32.0 Å². The van der Waals surface area contributed by atoms with Crippen LogP contribution in [-0.2, 0) is 6.54 Å². The van der Waals surface area contributed by atoms with Crippen LogP contribution in [0.2, 0.25) is 0 Å². The molecule has 0 amide bonds. The van der Waals surface area contributed by atoms with Crippen LogP contribution in [0.3, 0.4) is 0 Å². The first-order valence-electron chi connectivity index (χ1n) is 10.9. The molecule has 2 aromatic carbocycles. The molecule has 3 rings (SSSR count). The Morgan fingerprint density at radius 3 is 2.62 bits per heavy atom. The van der Waals surface area contributed by atoms with Gasteiger partial charge in [-0.3, -0.25) is 0 Å². The summed E-state index contributed by atoms with van der Waals surface area (Å²) < 4.78 is 17.2. The third-order valence-electron chi connectivity index (χ3n) is 4.65. The van der Waals surface area contributed by atoms with E-state index in [0.29, 0.717) is 32.3 Å². The SMILES string of the molecule is CCNC(=NCc1ccc2c(c1)OCCCO2)NCC(O)c1cccc(OC(C)C)c1.I. The van der Waals surface area contributed by atoms with Crippen molar-refractivity contribution >= 4 is 29.9 Å². The van der Waals surface area contributed by atoms with Gasteiger partial charge in [0.15, 0.2) is 17.5 Å². The number of halogens is 1. The summed E-state index contributed by atoms with van der Waals surface area (Å²) in [7, 11) is 0. The summed E-state index contributed by atoms with van der Waals surface area (Å²) in [5, 5.41) is 17.0. The van der Waals surface area contributed by atoms with Crippen molar-refractivity contribution in [3.05, 3.63) is 53.6 Å². The van der Waals surface area contributed by atoms with Crippen LogP contribution >= 0.6 is 24.0 Å². The Kier molecular flexibility index (Phi) is 10.9. The van der Waals surface area contributed by atoms with Crippen molar-refractivity contribution in [1.82, 2.24) is 10.6 Å². The Bertz CT molecular complexity index is 876. The lowest BCUT2D eigenvalue weighted by molar-refractivity contribution is 0.179. The van der Waals surface area contributed by atoms with Gasteiger partial charge >= 0.3 is 0 Å². The van der Waals surface area contributed by atoms with Crippen LogP contribution in [-0.4, -0.2) is 43.5 Å². The number of nitrogens with zero attached hydrogens (tertiary/aromatic N) is 1. The van der Waals surface area contributed by atoms with Crippen molar-refractivity contribution in [3.8, 4) is 17.2 Å². The van der Waals surface area contributed by atoms with Crippen LogP contribution in [0.4, 0.5) is 0 Å². The largest absolute Gasteiger partial charge is 0.491 e. The second-order valence-electron chi connectivity index (χ2n) is 7.66. The van der Waals surface area contributed by atoms with E-state index in [1.54, 1.807) is 0 Å². The Balaban J connectivity index is 0.00000363. The van der Waals surface area contributed by atoms with Gasteiger partial charge < -0.3 is 30.0 Å². The highest BCUT2D eigenvalue weighted by atomic mass is 127. The maximum absolute atomic E-state index is 10.6. The molecule has 3 N–H and O–H groups in total. The number of benzene rings is 2. The molecule has 0 bridgehead atoms. The number of aliphatic imine (C=N–C) groups is 1. The summed E-state index contributed by atoms with van der Waals surface area (Å²) in [6.45, 7) is 8.84. The Hall–Kier alpha value is -2.20. The molecule has 1 atom stereocenters. The second kappa shape index (κ2) is 13.4. The Morgan fingerprint density at radius 2 is 1.88 bits per heavy atom. The number of aliphatic hydroxyl groups is 1. The molecule has 1 heterocycles. The molecule has 0 saturated carbocycles. The maximum atomic E-state index is 10.6. The molecule has 1 aliphatic heterocycles. The lowest BCUT2D eigenvalue weighted by Gasteiger charge is -2.17. The summed E-state index contributed by atoms with van der Waals surface area (Å²) in [5.41, 5.74) is 1.82. The molecule has 32 heavy (non-hydrogen) atoms. The summed E-state index contributed by atoms with van der Waals surface area (Å²) in [5.74, 6) is 2.94. The number of guanidine groups is 1.